The van der Waals surface area contributed by atoms with Gasteiger partial charge in [0.25, 0.3) is 0 Å². The number of benzene rings is 2. The molecule has 1 aliphatic heterocycles. The molecule has 24 heavy (non-hydrogen) atoms. The molecule has 0 amide bonds. The van der Waals surface area contributed by atoms with Gasteiger partial charge in [-0.1, -0.05) is 42.5 Å². The second kappa shape index (κ2) is 7.36. The summed E-state index contributed by atoms with van der Waals surface area (Å²) in [6.07, 6.45) is 3.84. The minimum absolute atomic E-state index is 0.0289. The first-order valence-electron chi connectivity index (χ1n) is 7.64. The minimum Gasteiger partial charge on any atom is -0.481 e. The third-order valence-electron chi connectivity index (χ3n) is 3.81. The van der Waals surface area contributed by atoms with Crippen LogP contribution in [0, 0.1) is 6.92 Å². The molecule has 1 heterocycles. The standard InChI is InChI=1S/C19H18N2O2S/c1-14-6-2-4-8-16(14)18-10-11-20-13-24(18)21-17-9-5-3-7-15(17)12-19(22)23/h2-11,13,18H,12H2,1H3,(H,22,23). The summed E-state index contributed by atoms with van der Waals surface area (Å²) in [4.78, 5) is 15.3. The molecule has 0 aliphatic carbocycles. The van der Waals surface area contributed by atoms with Crippen LogP contribution in [0.4, 0.5) is 5.69 Å². The average molecular weight is 338 g/mol. The zero-order valence-corrected chi connectivity index (χ0v) is 14.1. The number of hydrogen-bond donors (Lipinski definition) is 1. The van der Waals surface area contributed by atoms with Gasteiger partial charge < -0.3 is 5.11 Å². The highest BCUT2D eigenvalue weighted by atomic mass is 32.2. The molecule has 1 N–H and O–H groups in total. The van der Waals surface area contributed by atoms with E-state index in [1.165, 1.54) is 11.1 Å². The van der Waals surface area contributed by atoms with Crippen molar-refractivity contribution >= 4 is 27.9 Å². The van der Waals surface area contributed by atoms with Crippen LogP contribution >= 0.6 is 0 Å². The monoisotopic (exact) mass is 338 g/mol. The van der Waals surface area contributed by atoms with E-state index in [9.17, 15) is 4.79 Å². The Morgan fingerprint density at radius 2 is 1.96 bits per heavy atom. The lowest BCUT2D eigenvalue weighted by Crippen LogP contribution is -2.09. The van der Waals surface area contributed by atoms with Crippen LogP contribution in [-0.4, -0.2) is 16.6 Å². The highest BCUT2D eigenvalue weighted by molar-refractivity contribution is 8.01. The van der Waals surface area contributed by atoms with E-state index < -0.39 is 16.7 Å². The fourth-order valence-corrected chi connectivity index (χ4v) is 4.27. The molecule has 2 aromatic rings. The van der Waals surface area contributed by atoms with Crippen molar-refractivity contribution in [2.75, 3.05) is 0 Å². The van der Waals surface area contributed by atoms with Gasteiger partial charge in [-0.25, -0.2) is 4.36 Å². The molecule has 3 rings (SSSR count). The fraction of sp³-hybridized carbons (Fsp3) is 0.158. The second-order valence-corrected chi connectivity index (χ2v) is 7.11. The second-order valence-electron chi connectivity index (χ2n) is 5.51. The van der Waals surface area contributed by atoms with E-state index in [-0.39, 0.29) is 11.7 Å². The van der Waals surface area contributed by atoms with Crippen molar-refractivity contribution < 1.29 is 9.90 Å². The topological polar surface area (TPSA) is 62.0 Å². The summed E-state index contributed by atoms with van der Waals surface area (Å²) >= 11 is 0. The number of hydrogen-bond acceptors (Lipinski definition) is 3. The van der Waals surface area contributed by atoms with Crippen molar-refractivity contribution in [3.8, 4) is 0 Å². The zero-order chi connectivity index (χ0) is 16.9. The Labute approximate surface area is 143 Å². The molecule has 2 atom stereocenters. The molecular formula is C19H18N2O2S. The number of aryl methyl sites for hydroxylation is 1. The lowest BCUT2D eigenvalue weighted by molar-refractivity contribution is -0.136. The van der Waals surface area contributed by atoms with Crippen molar-refractivity contribution in [3.05, 3.63) is 77.5 Å². The van der Waals surface area contributed by atoms with Gasteiger partial charge >= 0.3 is 5.97 Å². The van der Waals surface area contributed by atoms with Gasteiger partial charge in [0.05, 0.1) is 22.9 Å². The largest absolute Gasteiger partial charge is 0.481 e. The van der Waals surface area contributed by atoms with E-state index in [1.54, 1.807) is 6.20 Å². The molecular weight excluding hydrogens is 320 g/mol. The first-order valence-corrected chi connectivity index (χ1v) is 8.95. The van der Waals surface area contributed by atoms with Gasteiger partial charge in [-0.15, -0.1) is 0 Å². The van der Waals surface area contributed by atoms with Gasteiger partial charge in [-0.3, -0.25) is 9.79 Å². The number of carboxylic acids is 1. The first kappa shape index (κ1) is 16.3. The van der Waals surface area contributed by atoms with E-state index in [4.69, 9.17) is 9.47 Å². The molecule has 5 heteroatoms. The summed E-state index contributed by atoms with van der Waals surface area (Å²) in [7, 11) is -0.466. The number of nitrogens with zero attached hydrogens (tertiary/aromatic N) is 2. The zero-order valence-electron chi connectivity index (χ0n) is 13.3. The minimum atomic E-state index is -0.853. The number of rotatable bonds is 4. The van der Waals surface area contributed by atoms with Gasteiger partial charge in [0.2, 0.25) is 0 Å². The number of aliphatic imine (C=N–C) groups is 1. The Bertz CT molecular complexity index is 856. The molecule has 0 saturated heterocycles. The van der Waals surface area contributed by atoms with Gasteiger partial charge in [-0.2, -0.15) is 0 Å². The molecule has 1 aliphatic rings. The predicted molar refractivity (Wildman–Crippen MR) is 98.8 cm³/mol. The third kappa shape index (κ3) is 3.68. The Morgan fingerprint density at radius 3 is 2.75 bits per heavy atom. The van der Waals surface area contributed by atoms with Crippen LogP contribution in [0.15, 0.2) is 70.2 Å². The van der Waals surface area contributed by atoms with Crippen LogP contribution in [0.5, 0.6) is 0 Å². The highest BCUT2D eigenvalue weighted by Gasteiger charge is 2.17. The van der Waals surface area contributed by atoms with Crippen LogP contribution in [0.1, 0.15) is 21.9 Å². The van der Waals surface area contributed by atoms with Crippen LogP contribution in [-0.2, 0) is 21.9 Å². The Kier molecular flexibility index (Phi) is 5.01. The molecule has 0 bridgehead atoms. The third-order valence-corrected chi connectivity index (χ3v) is 5.48. The molecule has 0 saturated carbocycles. The molecule has 0 aromatic heterocycles. The smallest absolute Gasteiger partial charge is 0.307 e. The van der Waals surface area contributed by atoms with E-state index >= 15 is 0 Å². The molecule has 122 valence electrons. The van der Waals surface area contributed by atoms with Crippen LogP contribution in [0.3, 0.4) is 0 Å². The summed E-state index contributed by atoms with van der Waals surface area (Å²) in [5.74, 6) is -0.853. The fourth-order valence-electron chi connectivity index (χ4n) is 2.62. The molecule has 2 aromatic carbocycles. The maximum Gasteiger partial charge on any atom is 0.307 e. The van der Waals surface area contributed by atoms with Crippen molar-refractivity contribution in [2.45, 2.75) is 18.6 Å². The Balaban J connectivity index is 2.02. The lowest BCUT2D eigenvalue weighted by Gasteiger charge is -2.19. The normalized spacial score (nSPS) is 19.5. The summed E-state index contributed by atoms with van der Waals surface area (Å²) in [5.41, 5.74) is 5.75. The summed E-state index contributed by atoms with van der Waals surface area (Å²) < 4.78 is 4.83. The SMILES string of the molecule is Cc1ccccc1C1C=CN=CS1=Nc1ccccc1CC(=O)O. The van der Waals surface area contributed by atoms with Gasteiger partial charge in [-0.05, 0) is 46.4 Å². The molecule has 4 nitrogen and oxygen atoms in total. The summed E-state index contributed by atoms with van der Waals surface area (Å²) in [6.45, 7) is 2.09. The van der Waals surface area contributed by atoms with E-state index in [0.29, 0.717) is 0 Å². The molecule has 0 fully saturated rings. The van der Waals surface area contributed by atoms with Crippen LogP contribution in [0.2, 0.25) is 0 Å². The van der Waals surface area contributed by atoms with E-state index in [2.05, 4.69) is 30.1 Å². The summed E-state index contributed by atoms with van der Waals surface area (Å²) in [6, 6.07) is 15.7. The Morgan fingerprint density at radius 1 is 1.21 bits per heavy atom. The number of carbonyl (C=O) groups is 1. The lowest BCUT2D eigenvalue weighted by atomic mass is 10.1. The van der Waals surface area contributed by atoms with E-state index in [0.717, 1.165) is 11.3 Å². The molecule has 0 radical (unpaired) electrons. The number of aliphatic carboxylic acids is 1. The van der Waals surface area contributed by atoms with E-state index in [1.807, 2.05) is 41.9 Å². The first-order chi connectivity index (χ1) is 11.6. The van der Waals surface area contributed by atoms with Crippen molar-refractivity contribution in [1.29, 1.82) is 0 Å². The van der Waals surface area contributed by atoms with Crippen molar-refractivity contribution in [1.82, 2.24) is 0 Å². The van der Waals surface area contributed by atoms with Gasteiger partial charge in [0.15, 0.2) is 0 Å². The van der Waals surface area contributed by atoms with Crippen LogP contribution in [0.25, 0.3) is 0 Å². The van der Waals surface area contributed by atoms with Gasteiger partial charge in [0.1, 0.15) is 0 Å². The molecule has 2 unspecified atom stereocenters. The average Bonchev–Trinajstić information content (AvgIpc) is 2.57. The maximum absolute atomic E-state index is 11.1. The maximum atomic E-state index is 11.1. The highest BCUT2D eigenvalue weighted by Crippen LogP contribution is 2.30. The van der Waals surface area contributed by atoms with Gasteiger partial charge in [0, 0.05) is 6.20 Å². The van der Waals surface area contributed by atoms with Crippen molar-refractivity contribution in [2.24, 2.45) is 9.36 Å². The van der Waals surface area contributed by atoms with Crippen LogP contribution < -0.4 is 0 Å². The number of carboxylic acid groups (broad SMARTS) is 1. The Hall–Kier alpha value is -2.53. The molecule has 0 spiro atoms. The summed E-state index contributed by atoms with van der Waals surface area (Å²) in [5, 5.41) is 9.21. The predicted octanol–water partition coefficient (Wildman–Crippen LogP) is 4.35. The van der Waals surface area contributed by atoms with Crippen molar-refractivity contribution in [3.63, 3.8) is 0 Å². The quantitative estimate of drug-likeness (QED) is 0.900.